The van der Waals surface area contributed by atoms with E-state index in [1.807, 2.05) is 13.8 Å². The molecule has 0 amide bonds. The third kappa shape index (κ3) is 5.33. The van der Waals surface area contributed by atoms with Gasteiger partial charge in [-0.05, 0) is 25.2 Å². The Morgan fingerprint density at radius 2 is 2.18 bits per heavy atom. The number of nitrogens with one attached hydrogen (secondary N) is 1. The molecule has 0 aromatic heterocycles. The number of rotatable bonds is 7. The predicted molar refractivity (Wildman–Crippen MR) is 66.2 cm³/mol. The van der Waals surface area contributed by atoms with Gasteiger partial charge in [-0.25, -0.2) is 13.1 Å². The van der Waals surface area contributed by atoms with E-state index < -0.39 is 10.0 Å². The molecule has 0 radical (unpaired) electrons. The molecule has 1 aliphatic heterocycles. The Labute approximate surface area is 104 Å². The monoisotopic (exact) mass is 265 g/mol. The Morgan fingerprint density at radius 1 is 1.47 bits per heavy atom. The first-order valence-electron chi connectivity index (χ1n) is 6.17. The van der Waals surface area contributed by atoms with E-state index in [9.17, 15) is 8.42 Å². The number of aliphatic hydroxyl groups is 1. The lowest BCUT2D eigenvalue weighted by Crippen LogP contribution is -2.42. The molecule has 2 N–H and O–H groups in total. The van der Waals surface area contributed by atoms with Gasteiger partial charge in [0, 0.05) is 19.3 Å². The molecule has 0 spiro atoms. The lowest BCUT2D eigenvalue weighted by atomic mass is 10.0. The summed E-state index contributed by atoms with van der Waals surface area (Å²) < 4.78 is 31.8. The summed E-state index contributed by atoms with van der Waals surface area (Å²) in [6, 6.07) is -0.202. The quantitative estimate of drug-likeness (QED) is 0.702. The van der Waals surface area contributed by atoms with Crippen molar-refractivity contribution in [1.82, 2.24) is 4.72 Å². The SMILES string of the molecule is CC(C)C(CCO)NS(=O)(=O)CC1CCCO1. The smallest absolute Gasteiger partial charge is 0.214 e. The van der Waals surface area contributed by atoms with E-state index in [2.05, 4.69) is 4.72 Å². The van der Waals surface area contributed by atoms with E-state index in [4.69, 9.17) is 9.84 Å². The second-order valence-corrected chi connectivity index (χ2v) is 6.70. The topological polar surface area (TPSA) is 75.6 Å². The summed E-state index contributed by atoms with van der Waals surface area (Å²) in [5, 5.41) is 8.91. The minimum absolute atomic E-state index is 0.00864. The Morgan fingerprint density at radius 3 is 2.65 bits per heavy atom. The molecule has 102 valence electrons. The van der Waals surface area contributed by atoms with Gasteiger partial charge in [0.25, 0.3) is 0 Å². The van der Waals surface area contributed by atoms with E-state index in [0.717, 1.165) is 12.8 Å². The zero-order valence-electron chi connectivity index (χ0n) is 10.6. The van der Waals surface area contributed by atoms with Crippen molar-refractivity contribution in [3.63, 3.8) is 0 Å². The predicted octanol–water partition coefficient (Wildman–Crippen LogP) is 0.492. The lowest BCUT2D eigenvalue weighted by molar-refractivity contribution is 0.127. The van der Waals surface area contributed by atoms with Crippen LogP contribution in [0.1, 0.15) is 33.1 Å². The van der Waals surface area contributed by atoms with Crippen molar-refractivity contribution in [2.24, 2.45) is 5.92 Å². The van der Waals surface area contributed by atoms with Crippen LogP contribution in [-0.4, -0.2) is 44.6 Å². The third-order valence-corrected chi connectivity index (χ3v) is 4.48. The summed E-state index contributed by atoms with van der Waals surface area (Å²) in [6.45, 7) is 4.53. The molecule has 0 saturated carbocycles. The molecule has 0 aromatic carbocycles. The van der Waals surface area contributed by atoms with E-state index in [0.29, 0.717) is 13.0 Å². The fraction of sp³-hybridized carbons (Fsp3) is 1.00. The van der Waals surface area contributed by atoms with Gasteiger partial charge < -0.3 is 9.84 Å². The highest BCUT2D eigenvalue weighted by Gasteiger charge is 2.26. The molecular formula is C11H23NO4S. The highest BCUT2D eigenvalue weighted by Crippen LogP contribution is 2.15. The third-order valence-electron chi connectivity index (χ3n) is 3.01. The number of hydrogen-bond donors (Lipinski definition) is 2. The molecule has 1 saturated heterocycles. The van der Waals surface area contributed by atoms with Crippen LogP contribution in [0.3, 0.4) is 0 Å². The zero-order chi connectivity index (χ0) is 12.9. The van der Waals surface area contributed by atoms with Crippen molar-refractivity contribution >= 4 is 10.0 Å². The van der Waals surface area contributed by atoms with E-state index in [1.165, 1.54) is 0 Å². The number of sulfonamides is 1. The first-order chi connectivity index (χ1) is 7.94. The average molecular weight is 265 g/mol. The van der Waals surface area contributed by atoms with Crippen LogP contribution in [0.15, 0.2) is 0 Å². The number of hydrogen-bond acceptors (Lipinski definition) is 4. The van der Waals surface area contributed by atoms with Crippen molar-refractivity contribution in [2.45, 2.75) is 45.3 Å². The van der Waals surface area contributed by atoms with Gasteiger partial charge >= 0.3 is 0 Å². The van der Waals surface area contributed by atoms with Crippen LogP contribution in [0.5, 0.6) is 0 Å². The molecule has 2 unspecified atom stereocenters. The molecule has 1 fully saturated rings. The van der Waals surface area contributed by atoms with Crippen LogP contribution in [0.25, 0.3) is 0 Å². The normalized spacial score (nSPS) is 23.2. The van der Waals surface area contributed by atoms with Crippen LogP contribution in [-0.2, 0) is 14.8 Å². The van der Waals surface area contributed by atoms with Gasteiger partial charge in [-0.2, -0.15) is 0 Å². The van der Waals surface area contributed by atoms with Gasteiger partial charge in [-0.3, -0.25) is 0 Å². The van der Waals surface area contributed by atoms with Crippen LogP contribution in [0.2, 0.25) is 0 Å². The lowest BCUT2D eigenvalue weighted by Gasteiger charge is -2.22. The molecule has 17 heavy (non-hydrogen) atoms. The summed E-state index contributed by atoms with van der Waals surface area (Å²) in [5.74, 6) is 0.197. The fourth-order valence-electron chi connectivity index (χ4n) is 1.97. The van der Waals surface area contributed by atoms with Crippen molar-refractivity contribution in [1.29, 1.82) is 0 Å². The summed E-state index contributed by atoms with van der Waals surface area (Å²) in [4.78, 5) is 0. The second kappa shape index (κ2) is 6.68. The molecule has 2 atom stereocenters. The minimum atomic E-state index is -3.32. The number of aliphatic hydroxyl groups excluding tert-OH is 1. The molecule has 0 aliphatic carbocycles. The Balaban J connectivity index is 2.50. The maximum absolute atomic E-state index is 11.9. The van der Waals surface area contributed by atoms with E-state index >= 15 is 0 Å². The minimum Gasteiger partial charge on any atom is -0.396 e. The molecule has 1 rings (SSSR count). The maximum Gasteiger partial charge on any atom is 0.214 e. The Hall–Kier alpha value is -0.170. The fourth-order valence-corrected chi connectivity index (χ4v) is 3.67. The first kappa shape index (κ1) is 14.9. The highest BCUT2D eigenvalue weighted by molar-refractivity contribution is 7.89. The molecular weight excluding hydrogens is 242 g/mol. The molecule has 1 heterocycles. The van der Waals surface area contributed by atoms with Gasteiger partial charge in [-0.15, -0.1) is 0 Å². The summed E-state index contributed by atoms with van der Waals surface area (Å²) >= 11 is 0. The average Bonchev–Trinajstić information content (AvgIpc) is 2.68. The second-order valence-electron chi connectivity index (χ2n) is 4.90. The molecule has 6 heteroatoms. The van der Waals surface area contributed by atoms with Crippen LogP contribution in [0, 0.1) is 5.92 Å². The largest absolute Gasteiger partial charge is 0.396 e. The Bertz CT molecular complexity index is 309. The van der Waals surface area contributed by atoms with E-state index in [-0.39, 0.29) is 30.4 Å². The van der Waals surface area contributed by atoms with Gasteiger partial charge in [0.05, 0.1) is 11.9 Å². The highest BCUT2D eigenvalue weighted by atomic mass is 32.2. The van der Waals surface area contributed by atoms with Gasteiger partial charge in [0.15, 0.2) is 0 Å². The van der Waals surface area contributed by atoms with Crippen LogP contribution < -0.4 is 4.72 Å². The van der Waals surface area contributed by atoms with Crippen molar-refractivity contribution in [2.75, 3.05) is 19.0 Å². The summed E-state index contributed by atoms with van der Waals surface area (Å²) in [7, 11) is -3.32. The Kier molecular flexibility index (Phi) is 5.85. The van der Waals surface area contributed by atoms with Crippen molar-refractivity contribution in [3.8, 4) is 0 Å². The van der Waals surface area contributed by atoms with E-state index in [1.54, 1.807) is 0 Å². The van der Waals surface area contributed by atoms with Crippen LogP contribution in [0.4, 0.5) is 0 Å². The van der Waals surface area contributed by atoms with Crippen LogP contribution >= 0.6 is 0 Å². The molecule has 0 bridgehead atoms. The van der Waals surface area contributed by atoms with Crippen molar-refractivity contribution < 1.29 is 18.3 Å². The van der Waals surface area contributed by atoms with Crippen molar-refractivity contribution in [3.05, 3.63) is 0 Å². The molecule has 0 aromatic rings. The summed E-state index contributed by atoms with van der Waals surface area (Å²) in [6.07, 6.45) is 2.02. The first-order valence-corrected chi connectivity index (χ1v) is 7.82. The zero-order valence-corrected chi connectivity index (χ0v) is 11.4. The molecule has 1 aliphatic rings. The van der Waals surface area contributed by atoms with Gasteiger partial charge in [0.2, 0.25) is 10.0 Å². The number of ether oxygens (including phenoxy) is 1. The van der Waals surface area contributed by atoms with Gasteiger partial charge in [0.1, 0.15) is 0 Å². The van der Waals surface area contributed by atoms with Gasteiger partial charge in [-0.1, -0.05) is 13.8 Å². The standard InChI is InChI=1S/C11H23NO4S/c1-9(2)11(5-6-13)12-17(14,15)8-10-4-3-7-16-10/h9-13H,3-8H2,1-2H3. The molecule has 5 nitrogen and oxygen atoms in total. The maximum atomic E-state index is 11.9. The summed E-state index contributed by atoms with van der Waals surface area (Å²) in [5.41, 5.74) is 0.